The maximum atomic E-state index is 12.0. The number of carboxylic acid groups (broad SMARTS) is 1. The molecule has 1 aromatic heterocycles. The van der Waals surface area contributed by atoms with Gasteiger partial charge in [-0.3, -0.25) is 4.79 Å². The van der Waals surface area contributed by atoms with Gasteiger partial charge in [-0.2, -0.15) is 0 Å². The average molecular weight is 400 g/mol. The van der Waals surface area contributed by atoms with Crippen LogP contribution in [0.2, 0.25) is 0 Å². The second-order valence-corrected chi connectivity index (χ2v) is 5.59. The Balaban J connectivity index is 2.17. The number of aromatic carboxylic acids is 1. The molecule has 0 atom stereocenters. The van der Waals surface area contributed by atoms with Crippen LogP contribution in [0.5, 0.6) is 0 Å². The highest BCUT2D eigenvalue weighted by Gasteiger charge is 2.11. The summed E-state index contributed by atoms with van der Waals surface area (Å²) in [6, 6.07) is 8.05. The summed E-state index contributed by atoms with van der Waals surface area (Å²) in [7, 11) is 0. The quantitative estimate of drug-likeness (QED) is 0.826. The number of carboxylic acids is 1. The van der Waals surface area contributed by atoms with Gasteiger partial charge in [-0.05, 0) is 46.3 Å². The van der Waals surface area contributed by atoms with Crippen molar-refractivity contribution in [2.24, 2.45) is 0 Å². The van der Waals surface area contributed by atoms with Gasteiger partial charge in [0.1, 0.15) is 5.69 Å². The summed E-state index contributed by atoms with van der Waals surface area (Å²) in [4.78, 5) is 26.4. The van der Waals surface area contributed by atoms with E-state index in [2.05, 4.69) is 42.2 Å². The highest BCUT2D eigenvalue weighted by atomic mass is 79.9. The molecule has 2 N–H and O–H groups in total. The predicted octanol–water partition coefficient (Wildman–Crippen LogP) is 3.56. The highest BCUT2D eigenvalue weighted by Crippen LogP contribution is 2.26. The Hall–Kier alpha value is -1.73. The van der Waals surface area contributed by atoms with Crippen LogP contribution < -0.4 is 5.32 Å². The van der Waals surface area contributed by atoms with Crippen molar-refractivity contribution in [1.82, 2.24) is 4.98 Å². The number of carbonyl (C=O) groups is 2. The molecule has 5 nitrogen and oxygen atoms in total. The Morgan fingerprint density at radius 1 is 1.15 bits per heavy atom. The molecule has 0 aliphatic carbocycles. The molecule has 0 saturated heterocycles. The molecular weight excluding hydrogens is 392 g/mol. The Bertz CT molecular complexity index is 672. The van der Waals surface area contributed by atoms with Crippen LogP contribution in [0, 0.1) is 0 Å². The zero-order valence-corrected chi connectivity index (χ0v) is 13.1. The first-order chi connectivity index (χ1) is 9.47. The van der Waals surface area contributed by atoms with E-state index in [4.69, 9.17) is 5.11 Å². The average Bonchev–Trinajstić information content (AvgIpc) is 2.42. The monoisotopic (exact) mass is 398 g/mol. The minimum Gasteiger partial charge on any atom is -0.477 e. The van der Waals surface area contributed by atoms with Crippen molar-refractivity contribution >= 4 is 49.4 Å². The number of halogens is 2. The van der Waals surface area contributed by atoms with Crippen LogP contribution in [0.25, 0.3) is 0 Å². The Morgan fingerprint density at radius 3 is 2.45 bits per heavy atom. The molecule has 0 fully saturated rings. The van der Waals surface area contributed by atoms with Gasteiger partial charge in [-0.25, -0.2) is 9.78 Å². The molecule has 1 amide bonds. The van der Waals surface area contributed by atoms with Gasteiger partial charge in [-0.1, -0.05) is 15.9 Å². The van der Waals surface area contributed by atoms with Crippen LogP contribution in [-0.4, -0.2) is 22.0 Å². The zero-order valence-electron chi connectivity index (χ0n) is 9.93. The van der Waals surface area contributed by atoms with E-state index < -0.39 is 5.97 Å². The molecule has 0 saturated carbocycles. The molecule has 1 heterocycles. The molecule has 0 aliphatic heterocycles. The van der Waals surface area contributed by atoms with E-state index >= 15 is 0 Å². The first-order valence-corrected chi connectivity index (χ1v) is 7.02. The first kappa shape index (κ1) is 14.7. The summed E-state index contributed by atoms with van der Waals surface area (Å²) in [5.41, 5.74) is 0.789. The molecule has 2 rings (SSSR count). The van der Waals surface area contributed by atoms with Crippen LogP contribution in [0.4, 0.5) is 5.69 Å². The highest BCUT2D eigenvalue weighted by molar-refractivity contribution is 9.11. The molecular formula is C13H8Br2N2O3. The minimum atomic E-state index is -1.13. The number of hydrogen-bond donors (Lipinski definition) is 2. The zero-order chi connectivity index (χ0) is 14.7. The lowest BCUT2D eigenvalue weighted by atomic mass is 10.2. The van der Waals surface area contributed by atoms with E-state index in [0.717, 1.165) is 8.95 Å². The minimum absolute atomic E-state index is 0.105. The first-order valence-electron chi connectivity index (χ1n) is 5.43. The van der Waals surface area contributed by atoms with E-state index in [1.165, 1.54) is 18.3 Å². The van der Waals surface area contributed by atoms with Crippen molar-refractivity contribution in [2.45, 2.75) is 0 Å². The number of carbonyl (C=O) groups excluding carboxylic acids is 1. The van der Waals surface area contributed by atoms with Crippen LogP contribution in [0.15, 0.2) is 45.5 Å². The van der Waals surface area contributed by atoms with Gasteiger partial charge in [0.05, 0.1) is 11.3 Å². The van der Waals surface area contributed by atoms with E-state index in [9.17, 15) is 9.59 Å². The van der Waals surface area contributed by atoms with Crippen molar-refractivity contribution in [3.05, 3.63) is 56.7 Å². The molecule has 0 aliphatic rings. The Kier molecular flexibility index (Phi) is 4.51. The van der Waals surface area contributed by atoms with Crippen molar-refractivity contribution < 1.29 is 14.7 Å². The Morgan fingerprint density at radius 2 is 1.90 bits per heavy atom. The normalized spacial score (nSPS) is 10.1. The number of nitrogens with zero attached hydrogens (tertiary/aromatic N) is 1. The third kappa shape index (κ3) is 3.43. The summed E-state index contributed by atoms with van der Waals surface area (Å²) >= 11 is 6.66. The van der Waals surface area contributed by atoms with Crippen LogP contribution in [-0.2, 0) is 0 Å². The fraction of sp³-hybridized carbons (Fsp3) is 0. The topological polar surface area (TPSA) is 79.3 Å². The van der Waals surface area contributed by atoms with Crippen LogP contribution >= 0.6 is 31.9 Å². The van der Waals surface area contributed by atoms with E-state index in [0.29, 0.717) is 5.69 Å². The number of benzene rings is 1. The smallest absolute Gasteiger partial charge is 0.354 e. The van der Waals surface area contributed by atoms with E-state index in [1.54, 1.807) is 18.2 Å². The van der Waals surface area contributed by atoms with E-state index in [-0.39, 0.29) is 17.2 Å². The second-order valence-electron chi connectivity index (χ2n) is 3.82. The van der Waals surface area contributed by atoms with Crippen molar-refractivity contribution in [3.8, 4) is 0 Å². The lowest BCUT2D eigenvalue weighted by Gasteiger charge is -2.07. The van der Waals surface area contributed by atoms with E-state index in [1.807, 2.05) is 0 Å². The van der Waals surface area contributed by atoms with Gasteiger partial charge >= 0.3 is 5.97 Å². The summed E-state index contributed by atoms with van der Waals surface area (Å²) in [6.45, 7) is 0. The number of amides is 1. The number of rotatable bonds is 3. The van der Waals surface area contributed by atoms with Gasteiger partial charge in [0.15, 0.2) is 0 Å². The van der Waals surface area contributed by atoms with Gasteiger partial charge < -0.3 is 10.4 Å². The SMILES string of the molecule is O=C(Nc1ccc(Br)cc1Br)c1ccc(C(=O)O)nc1. The van der Waals surface area contributed by atoms with Gasteiger partial charge in [0.2, 0.25) is 0 Å². The number of hydrogen-bond acceptors (Lipinski definition) is 3. The van der Waals surface area contributed by atoms with Crippen molar-refractivity contribution in [3.63, 3.8) is 0 Å². The summed E-state index contributed by atoms with van der Waals surface area (Å²) in [5, 5.41) is 11.4. The lowest BCUT2D eigenvalue weighted by molar-refractivity contribution is 0.0690. The molecule has 20 heavy (non-hydrogen) atoms. The fourth-order valence-corrected chi connectivity index (χ4v) is 2.59. The summed E-state index contributed by atoms with van der Waals surface area (Å²) in [5.74, 6) is -1.50. The third-order valence-electron chi connectivity index (χ3n) is 2.42. The lowest BCUT2D eigenvalue weighted by Crippen LogP contribution is -2.13. The maximum absolute atomic E-state index is 12.0. The molecule has 0 spiro atoms. The summed E-state index contributed by atoms with van der Waals surface area (Å²) < 4.78 is 1.62. The maximum Gasteiger partial charge on any atom is 0.354 e. The van der Waals surface area contributed by atoms with Gasteiger partial charge in [-0.15, -0.1) is 0 Å². The molecule has 0 unspecified atom stereocenters. The van der Waals surface area contributed by atoms with Crippen molar-refractivity contribution in [2.75, 3.05) is 5.32 Å². The number of aromatic nitrogens is 1. The number of anilines is 1. The predicted molar refractivity (Wildman–Crippen MR) is 81.0 cm³/mol. The molecule has 0 bridgehead atoms. The molecule has 1 aromatic carbocycles. The summed E-state index contributed by atoms with van der Waals surface area (Å²) in [6.07, 6.45) is 1.23. The van der Waals surface area contributed by atoms with Crippen LogP contribution in [0.1, 0.15) is 20.8 Å². The standard InChI is InChI=1S/C13H8Br2N2O3/c14-8-2-4-10(9(15)5-8)17-12(18)7-1-3-11(13(19)20)16-6-7/h1-6H,(H,17,18)(H,19,20). The van der Waals surface area contributed by atoms with Gasteiger partial charge in [0.25, 0.3) is 5.91 Å². The van der Waals surface area contributed by atoms with Crippen molar-refractivity contribution in [1.29, 1.82) is 0 Å². The fourth-order valence-electron chi connectivity index (χ4n) is 1.44. The largest absolute Gasteiger partial charge is 0.477 e. The molecule has 0 radical (unpaired) electrons. The molecule has 7 heteroatoms. The third-order valence-corrected chi connectivity index (χ3v) is 3.57. The second kappa shape index (κ2) is 6.15. The molecule has 2 aromatic rings. The van der Waals surface area contributed by atoms with Gasteiger partial charge in [0, 0.05) is 15.1 Å². The molecule has 102 valence electrons. The number of pyridine rings is 1. The van der Waals surface area contributed by atoms with Crippen LogP contribution in [0.3, 0.4) is 0 Å². The Labute approximate surface area is 131 Å². The number of nitrogens with one attached hydrogen (secondary N) is 1.